The average molecular weight is 319 g/mol. The van der Waals surface area contributed by atoms with E-state index in [4.69, 9.17) is 11.6 Å². The van der Waals surface area contributed by atoms with E-state index >= 15 is 0 Å². The topological polar surface area (TPSA) is 50.2 Å². The number of benzene rings is 1. The van der Waals surface area contributed by atoms with E-state index in [0.29, 0.717) is 11.6 Å². The molecular weight excluding hydrogens is 300 g/mol. The second-order valence-corrected chi connectivity index (χ2v) is 6.01. The van der Waals surface area contributed by atoms with Crippen LogP contribution in [0.5, 0.6) is 0 Å². The second kappa shape index (κ2) is 6.01. The zero-order valence-electron chi connectivity index (χ0n) is 12.8. The summed E-state index contributed by atoms with van der Waals surface area (Å²) in [5, 5.41) is 8.04. The van der Waals surface area contributed by atoms with Gasteiger partial charge in [0.05, 0.1) is 12.2 Å². The minimum Gasteiger partial charge on any atom is -0.347 e. The number of carbonyl (C=O) groups excluding carboxylic acids is 1. The number of hydrogen-bond donors (Lipinski definition) is 1. The van der Waals surface area contributed by atoms with Crippen LogP contribution in [0.1, 0.15) is 17.7 Å². The summed E-state index contributed by atoms with van der Waals surface area (Å²) in [4.78, 5) is 14.4. The Labute approximate surface area is 134 Å². The lowest BCUT2D eigenvalue weighted by atomic mass is 10.2. The SMILES string of the molecule is Cc1cc2n(n1)CCCN2CC(=O)Nc1cccc(Cl)c1C. The molecule has 0 bridgehead atoms. The van der Waals surface area contributed by atoms with Crippen LogP contribution < -0.4 is 10.2 Å². The van der Waals surface area contributed by atoms with Crippen molar-refractivity contribution in [3.8, 4) is 0 Å². The number of anilines is 2. The van der Waals surface area contributed by atoms with Crippen molar-refractivity contribution >= 4 is 29.0 Å². The maximum atomic E-state index is 12.3. The summed E-state index contributed by atoms with van der Waals surface area (Å²) in [5.74, 6) is 0.972. The third kappa shape index (κ3) is 2.95. The van der Waals surface area contributed by atoms with Crippen molar-refractivity contribution in [3.05, 3.63) is 40.5 Å². The van der Waals surface area contributed by atoms with Gasteiger partial charge in [-0.15, -0.1) is 0 Å². The molecule has 3 rings (SSSR count). The number of carbonyl (C=O) groups is 1. The van der Waals surface area contributed by atoms with Gasteiger partial charge in [0.25, 0.3) is 0 Å². The molecule has 1 amide bonds. The third-order valence-corrected chi connectivity index (χ3v) is 4.29. The third-order valence-electron chi connectivity index (χ3n) is 3.88. The lowest BCUT2D eigenvalue weighted by molar-refractivity contribution is -0.115. The first-order valence-corrected chi connectivity index (χ1v) is 7.77. The summed E-state index contributed by atoms with van der Waals surface area (Å²) in [5.41, 5.74) is 2.63. The van der Waals surface area contributed by atoms with Crippen LogP contribution in [-0.4, -0.2) is 28.8 Å². The highest BCUT2D eigenvalue weighted by Crippen LogP contribution is 2.24. The highest BCUT2D eigenvalue weighted by Gasteiger charge is 2.20. The molecule has 2 heterocycles. The Balaban J connectivity index is 1.71. The number of halogens is 1. The van der Waals surface area contributed by atoms with E-state index in [-0.39, 0.29) is 5.91 Å². The Hall–Kier alpha value is -2.01. The van der Waals surface area contributed by atoms with Crippen LogP contribution in [0.4, 0.5) is 11.5 Å². The molecule has 2 aromatic rings. The van der Waals surface area contributed by atoms with Gasteiger partial charge in [0, 0.05) is 29.9 Å². The molecule has 0 aliphatic carbocycles. The molecule has 1 N–H and O–H groups in total. The number of aromatic nitrogens is 2. The molecule has 6 heteroatoms. The lowest BCUT2D eigenvalue weighted by Gasteiger charge is -2.28. The summed E-state index contributed by atoms with van der Waals surface area (Å²) in [7, 11) is 0. The predicted molar refractivity (Wildman–Crippen MR) is 88.6 cm³/mol. The Bertz CT molecular complexity index is 710. The quantitative estimate of drug-likeness (QED) is 0.946. The first-order valence-electron chi connectivity index (χ1n) is 7.39. The van der Waals surface area contributed by atoms with Gasteiger partial charge in [0.15, 0.2) is 0 Å². The predicted octanol–water partition coefficient (Wildman–Crippen LogP) is 3.00. The van der Waals surface area contributed by atoms with Crippen molar-refractivity contribution < 1.29 is 4.79 Å². The lowest BCUT2D eigenvalue weighted by Crippen LogP contribution is -2.38. The molecule has 22 heavy (non-hydrogen) atoms. The molecule has 0 saturated heterocycles. The molecule has 1 aliphatic heterocycles. The second-order valence-electron chi connectivity index (χ2n) is 5.60. The van der Waals surface area contributed by atoms with Crippen LogP contribution >= 0.6 is 11.6 Å². The smallest absolute Gasteiger partial charge is 0.243 e. The van der Waals surface area contributed by atoms with E-state index in [9.17, 15) is 4.79 Å². The Morgan fingerprint density at radius 2 is 2.18 bits per heavy atom. The molecule has 0 atom stereocenters. The van der Waals surface area contributed by atoms with Gasteiger partial charge in [-0.25, -0.2) is 4.68 Å². The molecule has 0 spiro atoms. The molecule has 5 nitrogen and oxygen atoms in total. The molecule has 0 fully saturated rings. The van der Waals surface area contributed by atoms with Gasteiger partial charge in [0.1, 0.15) is 5.82 Å². The standard InChI is InChI=1S/C16H19ClN4O/c1-11-9-16-20(7-4-8-21(16)19-11)10-15(22)18-14-6-3-5-13(17)12(14)2/h3,5-6,9H,4,7-8,10H2,1-2H3,(H,18,22). The molecule has 0 radical (unpaired) electrons. The molecule has 0 unspecified atom stereocenters. The molecule has 1 aliphatic rings. The molecule has 1 aromatic carbocycles. The van der Waals surface area contributed by atoms with Crippen molar-refractivity contribution in [1.29, 1.82) is 0 Å². The van der Waals surface area contributed by atoms with Crippen LogP contribution in [0, 0.1) is 13.8 Å². The fourth-order valence-corrected chi connectivity index (χ4v) is 2.92. The first kappa shape index (κ1) is 14.9. The monoisotopic (exact) mass is 318 g/mol. The summed E-state index contributed by atoms with van der Waals surface area (Å²) < 4.78 is 1.97. The minimum absolute atomic E-state index is 0.0438. The van der Waals surface area contributed by atoms with Crippen molar-refractivity contribution in [2.24, 2.45) is 0 Å². The summed E-state index contributed by atoms with van der Waals surface area (Å²) in [6.45, 7) is 5.97. The minimum atomic E-state index is -0.0438. The fraction of sp³-hybridized carbons (Fsp3) is 0.375. The average Bonchev–Trinajstić information content (AvgIpc) is 2.85. The van der Waals surface area contributed by atoms with Crippen molar-refractivity contribution in [3.63, 3.8) is 0 Å². The van der Waals surface area contributed by atoms with Crippen molar-refractivity contribution in [2.75, 3.05) is 23.3 Å². The number of nitrogens with one attached hydrogen (secondary N) is 1. The zero-order chi connectivity index (χ0) is 15.7. The van der Waals surface area contributed by atoms with Crippen molar-refractivity contribution in [2.45, 2.75) is 26.8 Å². The Morgan fingerprint density at radius 1 is 1.36 bits per heavy atom. The van der Waals surface area contributed by atoms with E-state index in [1.807, 2.05) is 42.8 Å². The summed E-state index contributed by atoms with van der Waals surface area (Å²) in [6, 6.07) is 7.55. The number of fused-ring (bicyclic) bond motifs is 1. The zero-order valence-corrected chi connectivity index (χ0v) is 13.5. The fourth-order valence-electron chi connectivity index (χ4n) is 2.74. The highest BCUT2D eigenvalue weighted by molar-refractivity contribution is 6.31. The van der Waals surface area contributed by atoms with Crippen LogP contribution in [0.3, 0.4) is 0 Å². The van der Waals surface area contributed by atoms with E-state index in [1.54, 1.807) is 0 Å². The molecule has 116 valence electrons. The van der Waals surface area contributed by atoms with Crippen LogP contribution in [0.25, 0.3) is 0 Å². The van der Waals surface area contributed by atoms with Gasteiger partial charge in [0.2, 0.25) is 5.91 Å². The van der Waals surface area contributed by atoms with E-state index < -0.39 is 0 Å². The number of aryl methyl sites for hydroxylation is 2. The van der Waals surface area contributed by atoms with Gasteiger partial charge >= 0.3 is 0 Å². The van der Waals surface area contributed by atoms with Gasteiger partial charge in [-0.2, -0.15) is 5.10 Å². The van der Waals surface area contributed by atoms with E-state index in [2.05, 4.69) is 15.3 Å². The summed E-state index contributed by atoms with van der Waals surface area (Å²) in [6.07, 6.45) is 0.998. The maximum Gasteiger partial charge on any atom is 0.243 e. The number of amides is 1. The van der Waals surface area contributed by atoms with Gasteiger partial charge < -0.3 is 10.2 Å². The Morgan fingerprint density at radius 3 is 3.00 bits per heavy atom. The van der Waals surface area contributed by atoms with Crippen LogP contribution in [0.15, 0.2) is 24.3 Å². The molecule has 1 aromatic heterocycles. The van der Waals surface area contributed by atoms with Gasteiger partial charge in [-0.1, -0.05) is 17.7 Å². The summed E-state index contributed by atoms with van der Waals surface area (Å²) >= 11 is 6.09. The first-order chi connectivity index (χ1) is 10.5. The normalized spacial score (nSPS) is 13.9. The largest absolute Gasteiger partial charge is 0.347 e. The number of hydrogen-bond acceptors (Lipinski definition) is 3. The molecular formula is C16H19ClN4O. The number of nitrogens with zero attached hydrogens (tertiary/aromatic N) is 3. The highest BCUT2D eigenvalue weighted by atomic mass is 35.5. The Kier molecular flexibility index (Phi) is 4.07. The number of rotatable bonds is 3. The maximum absolute atomic E-state index is 12.3. The van der Waals surface area contributed by atoms with Crippen LogP contribution in [-0.2, 0) is 11.3 Å². The van der Waals surface area contributed by atoms with Gasteiger partial charge in [-0.05, 0) is 38.0 Å². The van der Waals surface area contributed by atoms with E-state index in [0.717, 1.165) is 42.3 Å². The van der Waals surface area contributed by atoms with Gasteiger partial charge in [-0.3, -0.25) is 4.79 Å². The van der Waals surface area contributed by atoms with E-state index in [1.165, 1.54) is 0 Å². The molecule has 0 saturated carbocycles. The van der Waals surface area contributed by atoms with Crippen molar-refractivity contribution in [1.82, 2.24) is 9.78 Å². The van der Waals surface area contributed by atoms with Crippen LogP contribution in [0.2, 0.25) is 5.02 Å².